The molecule has 1 N–H and O–H groups in total. The van der Waals surface area contributed by atoms with E-state index in [1.54, 1.807) is 42.9 Å². The van der Waals surface area contributed by atoms with Crippen molar-refractivity contribution in [2.75, 3.05) is 11.9 Å². The number of ether oxygens (including phenoxy) is 2. The monoisotopic (exact) mass is 365 g/mol. The van der Waals surface area contributed by atoms with Gasteiger partial charge >= 0.3 is 5.97 Å². The Labute approximate surface area is 150 Å². The number of halogens is 1. The van der Waals surface area contributed by atoms with Gasteiger partial charge < -0.3 is 14.8 Å². The molecule has 0 unspecified atom stereocenters. The van der Waals surface area contributed by atoms with Gasteiger partial charge in [-0.3, -0.25) is 9.48 Å². The highest BCUT2D eigenvalue weighted by Crippen LogP contribution is 2.19. The maximum absolute atomic E-state index is 12.2. The second-order valence-corrected chi connectivity index (χ2v) is 5.97. The van der Waals surface area contributed by atoms with E-state index in [0.29, 0.717) is 22.2 Å². The molecule has 0 spiro atoms. The normalized spacial score (nSPS) is 11.7. The fraction of sp³-hybridized carbons (Fsp3) is 0.353. The van der Waals surface area contributed by atoms with Crippen LogP contribution in [0.1, 0.15) is 18.3 Å². The summed E-state index contributed by atoms with van der Waals surface area (Å²) in [5.74, 6) is -0.638. The Kier molecular flexibility index (Phi) is 6.03. The molecular weight excluding hydrogens is 346 g/mol. The minimum atomic E-state index is -0.963. The lowest BCUT2D eigenvalue weighted by atomic mass is 10.3. The summed E-state index contributed by atoms with van der Waals surface area (Å²) >= 11 is 5.83. The van der Waals surface area contributed by atoms with E-state index >= 15 is 0 Å². The van der Waals surface area contributed by atoms with Gasteiger partial charge in [-0.2, -0.15) is 5.10 Å². The highest BCUT2D eigenvalue weighted by Gasteiger charge is 2.21. The molecule has 0 aliphatic carbocycles. The third kappa shape index (κ3) is 4.96. The van der Waals surface area contributed by atoms with Gasteiger partial charge in [0, 0.05) is 12.1 Å². The number of rotatable bonds is 6. The number of nitrogens with one attached hydrogen (secondary N) is 1. The number of nitrogens with zero attached hydrogens (tertiary/aromatic N) is 2. The van der Waals surface area contributed by atoms with Crippen LogP contribution in [0.2, 0.25) is 5.02 Å². The van der Waals surface area contributed by atoms with Gasteiger partial charge in [0.15, 0.2) is 12.7 Å². The first kappa shape index (κ1) is 18.8. The predicted molar refractivity (Wildman–Crippen MR) is 93.8 cm³/mol. The molecule has 1 heterocycles. The molecule has 1 atom stereocenters. The number of hydrogen-bond acceptors (Lipinski definition) is 5. The first-order valence-electron chi connectivity index (χ1n) is 7.67. The summed E-state index contributed by atoms with van der Waals surface area (Å²) in [6.07, 6.45) is -0.963. The van der Waals surface area contributed by atoms with Crippen LogP contribution < -0.4 is 10.1 Å². The summed E-state index contributed by atoms with van der Waals surface area (Å²) < 4.78 is 12.0. The first-order valence-corrected chi connectivity index (χ1v) is 8.04. The molecule has 134 valence electrons. The minimum absolute atomic E-state index is 0.317. The average molecular weight is 366 g/mol. The molecule has 7 nitrogen and oxygen atoms in total. The maximum Gasteiger partial charge on any atom is 0.344 e. The Morgan fingerprint density at radius 2 is 2.08 bits per heavy atom. The zero-order valence-corrected chi connectivity index (χ0v) is 15.3. The van der Waals surface area contributed by atoms with Crippen LogP contribution >= 0.6 is 11.6 Å². The fourth-order valence-electron chi connectivity index (χ4n) is 2.16. The molecule has 2 aromatic rings. The number of aryl methyl sites for hydroxylation is 2. The minimum Gasteiger partial charge on any atom is -0.482 e. The number of hydrogen-bond donors (Lipinski definition) is 1. The van der Waals surface area contributed by atoms with E-state index in [9.17, 15) is 9.59 Å². The molecule has 0 saturated heterocycles. The number of carbonyl (C=O) groups is 2. The van der Waals surface area contributed by atoms with Crippen LogP contribution in [0.15, 0.2) is 24.3 Å². The lowest BCUT2D eigenvalue weighted by Gasteiger charge is -2.14. The molecule has 0 aliphatic heterocycles. The van der Waals surface area contributed by atoms with E-state index in [0.717, 1.165) is 5.69 Å². The van der Waals surface area contributed by atoms with Gasteiger partial charge in [-0.15, -0.1) is 0 Å². The lowest BCUT2D eigenvalue weighted by Crippen LogP contribution is -2.32. The van der Waals surface area contributed by atoms with Crippen molar-refractivity contribution in [2.45, 2.75) is 26.9 Å². The summed E-state index contributed by atoms with van der Waals surface area (Å²) in [6, 6.07) is 6.65. The molecule has 0 bridgehead atoms. The third-order valence-electron chi connectivity index (χ3n) is 3.59. The topological polar surface area (TPSA) is 82.5 Å². The summed E-state index contributed by atoms with van der Waals surface area (Å²) in [5.41, 5.74) is 2.12. The van der Waals surface area contributed by atoms with Crippen molar-refractivity contribution in [1.82, 2.24) is 9.78 Å². The number of benzene rings is 1. The largest absolute Gasteiger partial charge is 0.482 e. The van der Waals surface area contributed by atoms with Crippen molar-refractivity contribution >= 4 is 29.2 Å². The second kappa shape index (κ2) is 8.02. The SMILES string of the molecule is Cc1nn(C)c(C)c1NC(=O)[C@@H](C)OC(=O)COc1cccc(Cl)c1. The van der Waals surface area contributed by atoms with E-state index in [2.05, 4.69) is 10.4 Å². The Hall–Kier alpha value is -2.54. The molecule has 1 aromatic carbocycles. The Morgan fingerprint density at radius 1 is 1.36 bits per heavy atom. The van der Waals surface area contributed by atoms with Crippen LogP contribution in [0.25, 0.3) is 0 Å². The van der Waals surface area contributed by atoms with Gasteiger partial charge in [0.2, 0.25) is 0 Å². The zero-order valence-electron chi connectivity index (χ0n) is 14.5. The van der Waals surface area contributed by atoms with Crippen LogP contribution in [0, 0.1) is 13.8 Å². The number of carbonyl (C=O) groups excluding carboxylic acids is 2. The van der Waals surface area contributed by atoms with Crippen molar-refractivity contribution in [3.63, 3.8) is 0 Å². The Balaban J connectivity index is 1.86. The highest BCUT2D eigenvalue weighted by atomic mass is 35.5. The number of amides is 1. The molecule has 0 fully saturated rings. The average Bonchev–Trinajstić information content (AvgIpc) is 2.79. The highest BCUT2D eigenvalue weighted by molar-refractivity contribution is 6.30. The predicted octanol–water partition coefficient (Wildman–Crippen LogP) is 2.64. The summed E-state index contributed by atoms with van der Waals surface area (Å²) in [6.45, 7) is 4.81. The smallest absolute Gasteiger partial charge is 0.344 e. The second-order valence-electron chi connectivity index (χ2n) is 5.54. The molecular formula is C17H20ClN3O4. The third-order valence-corrected chi connectivity index (χ3v) is 3.82. The molecule has 0 saturated carbocycles. The molecule has 0 aliphatic rings. The van der Waals surface area contributed by atoms with Crippen LogP contribution in [-0.2, 0) is 21.4 Å². The van der Waals surface area contributed by atoms with E-state index in [1.807, 2.05) is 6.92 Å². The van der Waals surface area contributed by atoms with Crippen molar-refractivity contribution < 1.29 is 19.1 Å². The standard InChI is InChI=1S/C17H20ClN3O4/c1-10-16(11(2)21(4)20-10)19-17(23)12(3)25-15(22)9-24-14-7-5-6-13(18)8-14/h5-8,12H,9H2,1-4H3,(H,19,23)/t12-/m1/s1. The van der Waals surface area contributed by atoms with Crippen LogP contribution in [0.5, 0.6) is 5.75 Å². The summed E-state index contributed by atoms with van der Waals surface area (Å²) in [7, 11) is 1.79. The Bertz CT molecular complexity index is 788. The van der Waals surface area contributed by atoms with E-state index in [4.69, 9.17) is 21.1 Å². The summed E-state index contributed by atoms with van der Waals surface area (Å²) in [4.78, 5) is 24.0. The van der Waals surface area contributed by atoms with E-state index in [1.165, 1.54) is 6.92 Å². The van der Waals surface area contributed by atoms with Crippen molar-refractivity contribution in [2.24, 2.45) is 7.05 Å². The van der Waals surface area contributed by atoms with E-state index < -0.39 is 18.0 Å². The fourth-order valence-corrected chi connectivity index (χ4v) is 2.34. The Morgan fingerprint density at radius 3 is 2.68 bits per heavy atom. The molecule has 1 aromatic heterocycles. The first-order chi connectivity index (χ1) is 11.8. The zero-order chi connectivity index (χ0) is 18.6. The van der Waals surface area contributed by atoms with Crippen LogP contribution in [0.3, 0.4) is 0 Å². The molecule has 2 rings (SSSR count). The quantitative estimate of drug-likeness (QED) is 0.796. The van der Waals surface area contributed by atoms with Gasteiger partial charge in [0.25, 0.3) is 5.91 Å². The number of aromatic nitrogens is 2. The molecule has 1 amide bonds. The van der Waals surface area contributed by atoms with Crippen molar-refractivity contribution in [3.8, 4) is 5.75 Å². The van der Waals surface area contributed by atoms with Gasteiger partial charge in [-0.05, 0) is 39.0 Å². The van der Waals surface area contributed by atoms with Crippen LogP contribution in [0.4, 0.5) is 5.69 Å². The van der Waals surface area contributed by atoms with Crippen molar-refractivity contribution in [1.29, 1.82) is 0 Å². The molecule has 8 heteroatoms. The summed E-state index contributed by atoms with van der Waals surface area (Å²) in [5, 5.41) is 7.45. The van der Waals surface area contributed by atoms with Gasteiger partial charge in [0.05, 0.1) is 17.1 Å². The molecule has 25 heavy (non-hydrogen) atoms. The van der Waals surface area contributed by atoms with Gasteiger partial charge in [0.1, 0.15) is 5.75 Å². The van der Waals surface area contributed by atoms with Crippen LogP contribution in [-0.4, -0.2) is 34.4 Å². The van der Waals surface area contributed by atoms with Gasteiger partial charge in [-0.1, -0.05) is 17.7 Å². The maximum atomic E-state index is 12.2. The van der Waals surface area contributed by atoms with Gasteiger partial charge in [-0.25, -0.2) is 4.79 Å². The molecule has 0 radical (unpaired) electrons. The lowest BCUT2D eigenvalue weighted by molar-refractivity contribution is -0.155. The van der Waals surface area contributed by atoms with E-state index in [-0.39, 0.29) is 6.61 Å². The number of anilines is 1. The number of esters is 1. The van der Waals surface area contributed by atoms with Crippen molar-refractivity contribution in [3.05, 3.63) is 40.7 Å².